The number of carbonyl (C=O) groups excluding carboxylic acids is 1. The summed E-state index contributed by atoms with van der Waals surface area (Å²) in [4.78, 5) is 20.0. The van der Waals surface area contributed by atoms with E-state index in [0.717, 1.165) is 44.2 Å². The third kappa shape index (κ3) is 5.48. The molecule has 1 saturated heterocycles. The second-order valence-electron chi connectivity index (χ2n) is 8.55. The van der Waals surface area contributed by atoms with Crippen LogP contribution in [0.5, 0.6) is 5.75 Å². The van der Waals surface area contributed by atoms with Crippen molar-refractivity contribution in [3.8, 4) is 5.75 Å². The summed E-state index contributed by atoms with van der Waals surface area (Å²) in [6.07, 6.45) is 2.96. The number of fused-ring (bicyclic) bond motifs is 3. The third-order valence-corrected chi connectivity index (χ3v) is 6.24. The predicted octanol–water partition coefficient (Wildman–Crippen LogP) is 2.92. The van der Waals surface area contributed by atoms with E-state index >= 15 is 0 Å². The average Bonchev–Trinajstić information content (AvgIpc) is 3.26. The molecule has 1 amide bonds. The molecule has 2 aliphatic rings. The van der Waals surface area contributed by atoms with Crippen molar-refractivity contribution in [3.63, 3.8) is 0 Å². The van der Waals surface area contributed by atoms with E-state index in [9.17, 15) is 9.90 Å². The van der Waals surface area contributed by atoms with Crippen molar-refractivity contribution in [2.45, 2.75) is 12.8 Å². The smallest absolute Gasteiger partial charge is 0.261 e. The number of allylic oxidation sites excluding steroid dienone is 1. The number of aromatic nitrogens is 2. The summed E-state index contributed by atoms with van der Waals surface area (Å²) in [6.45, 7) is 6.04. The standard InChI is InChI=1S/C26H30N4O5/c31-22-9-8-21-25(28-23-3-1-2-10-30(21)23)24(22)26(32)27-19-4-6-20(7-5-19)35-18-17-34-16-13-29-11-14-33-15-12-29/h1-7,10,31H,8-9,11-18H2,(H,27,32). The monoisotopic (exact) mass is 478 g/mol. The first kappa shape index (κ1) is 23.3. The molecule has 3 heterocycles. The molecule has 35 heavy (non-hydrogen) atoms. The van der Waals surface area contributed by atoms with E-state index in [0.29, 0.717) is 49.8 Å². The van der Waals surface area contributed by atoms with Crippen molar-refractivity contribution in [3.05, 3.63) is 65.8 Å². The van der Waals surface area contributed by atoms with Gasteiger partial charge in [0.25, 0.3) is 5.91 Å². The number of ether oxygens (including phenoxy) is 3. The van der Waals surface area contributed by atoms with Crippen molar-refractivity contribution in [2.75, 3.05) is 58.0 Å². The number of hydrogen-bond acceptors (Lipinski definition) is 7. The number of aliphatic hydroxyl groups excluding tert-OH is 1. The van der Waals surface area contributed by atoms with E-state index in [1.54, 1.807) is 24.3 Å². The van der Waals surface area contributed by atoms with Gasteiger partial charge in [-0.2, -0.15) is 0 Å². The highest BCUT2D eigenvalue weighted by Crippen LogP contribution is 2.31. The van der Waals surface area contributed by atoms with Crippen molar-refractivity contribution < 1.29 is 24.1 Å². The fourth-order valence-corrected chi connectivity index (χ4v) is 4.39. The molecule has 2 N–H and O–H groups in total. The van der Waals surface area contributed by atoms with Gasteiger partial charge in [0.2, 0.25) is 0 Å². The van der Waals surface area contributed by atoms with Crippen LogP contribution in [0.15, 0.2) is 54.4 Å². The molecule has 2 aromatic heterocycles. The zero-order valence-corrected chi connectivity index (χ0v) is 19.6. The maximum absolute atomic E-state index is 13.1. The Balaban J connectivity index is 1.12. The highest BCUT2D eigenvalue weighted by atomic mass is 16.5. The molecule has 0 unspecified atom stereocenters. The first-order chi connectivity index (χ1) is 17.2. The SMILES string of the molecule is O=C(Nc1ccc(OCCOCCN2CCOCC2)cc1)C1=C(O)CCc2c1nc1ccccn21. The first-order valence-corrected chi connectivity index (χ1v) is 12.0. The summed E-state index contributed by atoms with van der Waals surface area (Å²) in [5.41, 5.74) is 3.05. The lowest BCUT2D eigenvalue weighted by atomic mass is 9.97. The Bertz CT molecular complexity index is 1200. The lowest BCUT2D eigenvalue weighted by Crippen LogP contribution is -2.38. The van der Waals surface area contributed by atoms with Gasteiger partial charge in [0.15, 0.2) is 0 Å². The summed E-state index contributed by atoms with van der Waals surface area (Å²) < 4.78 is 18.7. The molecule has 0 bridgehead atoms. The van der Waals surface area contributed by atoms with E-state index in [-0.39, 0.29) is 17.2 Å². The molecular formula is C26H30N4O5. The quantitative estimate of drug-likeness (QED) is 0.457. The largest absolute Gasteiger partial charge is 0.511 e. The second-order valence-corrected chi connectivity index (χ2v) is 8.55. The van der Waals surface area contributed by atoms with E-state index in [1.165, 1.54) is 0 Å². The highest BCUT2D eigenvalue weighted by molar-refractivity contribution is 6.26. The van der Waals surface area contributed by atoms with Crippen molar-refractivity contribution in [2.24, 2.45) is 0 Å². The van der Waals surface area contributed by atoms with Crippen molar-refractivity contribution in [1.29, 1.82) is 0 Å². The maximum atomic E-state index is 13.1. The molecule has 184 valence electrons. The predicted molar refractivity (Wildman–Crippen MR) is 132 cm³/mol. The van der Waals surface area contributed by atoms with Gasteiger partial charge in [0, 0.05) is 37.9 Å². The molecule has 9 nitrogen and oxygen atoms in total. The Hall–Kier alpha value is -3.40. The van der Waals surface area contributed by atoms with E-state index < -0.39 is 0 Å². The number of benzene rings is 1. The zero-order valence-electron chi connectivity index (χ0n) is 19.6. The van der Waals surface area contributed by atoms with Crippen LogP contribution in [0.2, 0.25) is 0 Å². The van der Waals surface area contributed by atoms with Crippen LogP contribution < -0.4 is 10.1 Å². The number of hydrogen-bond donors (Lipinski definition) is 2. The van der Waals surface area contributed by atoms with Crippen LogP contribution >= 0.6 is 0 Å². The fourth-order valence-electron chi connectivity index (χ4n) is 4.39. The molecule has 1 fully saturated rings. The number of rotatable bonds is 9. The van der Waals surface area contributed by atoms with Crippen LogP contribution in [0.4, 0.5) is 5.69 Å². The molecule has 5 rings (SSSR count). The van der Waals surface area contributed by atoms with Gasteiger partial charge in [-0.15, -0.1) is 0 Å². The minimum atomic E-state index is -0.380. The number of nitrogens with one attached hydrogen (secondary N) is 1. The minimum absolute atomic E-state index is 0.0620. The number of pyridine rings is 1. The summed E-state index contributed by atoms with van der Waals surface area (Å²) >= 11 is 0. The van der Waals surface area contributed by atoms with Crippen molar-refractivity contribution in [1.82, 2.24) is 14.3 Å². The van der Waals surface area contributed by atoms with Gasteiger partial charge in [-0.25, -0.2) is 4.98 Å². The number of amides is 1. The number of imidazole rings is 1. The van der Waals surface area contributed by atoms with Crippen LogP contribution in [0.1, 0.15) is 17.8 Å². The molecule has 3 aromatic rings. The number of carbonyl (C=O) groups is 1. The van der Waals surface area contributed by atoms with Gasteiger partial charge >= 0.3 is 0 Å². The number of aliphatic hydroxyl groups is 1. The first-order valence-electron chi connectivity index (χ1n) is 12.0. The van der Waals surface area contributed by atoms with Crippen LogP contribution in [-0.2, 0) is 20.7 Å². The summed E-state index contributed by atoms with van der Waals surface area (Å²) in [5.74, 6) is 0.378. The van der Waals surface area contributed by atoms with E-state index in [1.807, 2.05) is 28.8 Å². The Morgan fingerprint density at radius 1 is 1.06 bits per heavy atom. The van der Waals surface area contributed by atoms with E-state index in [2.05, 4.69) is 15.2 Å². The van der Waals surface area contributed by atoms with Gasteiger partial charge in [0.1, 0.15) is 35.0 Å². The highest BCUT2D eigenvalue weighted by Gasteiger charge is 2.28. The molecule has 0 spiro atoms. The molecule has 1 aliphatic heterocycles. The van der Waals surface area contributed by atoms with Gasteiger partial charge in [-0.05, 0) is 42.8 Å². The topological polar surface area (TPSA) is 97.6 Å². The third-order valence-electron chi connectivity index (χ3n) is 6.24. The zero-order chi connectivity index (χ0) is 24.0. The number of anilines is 1. The van der Waals surface area contributed by atoms with E-state index in [4.69, 9.17) is 14.2 Å². The normalized spacial score (nSPS) is 16.3. The Labute approximate surface area is 203 Å². The Morgan fingerprint density at radius 3 is 2.71 bits per heavy atom. The maximum Gasteiger partial charge on any atom is 0.261 e. The lowest BCUT2D eigenvalue weighted by molar-refractivity contribution is -0.111. The number of nitrogens with zero attached hydrogens (tertiary/aromatic N) is 3. The minimum Gasteiger partial charge on any atom is -0.511 e. The Morgan fingerprint density at radius 2 is 1.89 bits per heavy atom. The Kier molecular flexibility index (Phi) is 7.27. The molecule has 1 aromatic carbocycles. The summed E-state index contributed by atoms with van der Waals surface area (Å²) in [6, 6.07) is 12.9. The molecule has 9 heteroatoms. The fraction of sp³-hybridized carbons (Fsp3) is 0.385. The van der Waals surface area contributed by atoms with Crippen molar-refractivity contribution >= 4 is 22.8 Å². The van der Waals surface area contributed by atoms with Crippen LogP contribution in [0.3, 0.4) is 0 Å². The molecular weight excluding hydrogens is 448 g/mol. The molecule has 0 radical (unpaired) electrons. The molecule has 1 aliphatic carbocycles. The lowest BCUT2D eigenvalue weighted by Gasteiger charge is -2.26. The van der Waals surface area contributed by atoms with Gasteiger partial charge in [-0.3, -0.25) is 9.69 Å². The van der Waals surface area contributed by atoms with Crippen LogP contribution in [0, 0.1) is 0 Å². The number of aryl methyl sites for hydroxylation is 1. The van der Waals surface area contributed by atoms with Gasteiger partial charge in [-0.1, -0.05) is 6.07 Å². The average molecular weight is 479 g/mol. The molecule has 0 atom stereocenters. The van der Waals surface area contributed by atoms with Gasteiger partial charge in [0.05, 0.1) is 32.1 Å². The summed E-state index contributed by atoms with van der Waals surface area (Å²) in [5, 5.41) is 13.4. The van der Waals surface area contributed by atoms with Crippen LogP contribution in [-0.4, -0.2) is 78.0 Å². The van der Waals surface area contributed by atoms with Gasteiger partial charge < -0.3 is 29.0 Å². The second kappa shape index (κ2) is 10.9. The number of morpholine rings is 1. The van der Waals surface area contributed by atoms with Crippen LogP contribution in [0.25, 0.3) is 11.2 Å². The summed E-state index contributed by atoms with van der Waals surface area (Å²) in [7, 11) is 0. The molecule has 0 saturated carbocycles.